The molecule has 0 N–H and O–H groups in total. The van der Waals surface area contributed by atoms with Crippen molar-refractivity contribution >= 4 is 0 Å². The summed E-state index contributed by atoms with van der Waals surface area (Å²) in [5, 5.41) is 0. The van der Waals surface area contributed by atoms with E-state index in [2.05, 4.69) is 0 Å². The van der Waals surface area contributed by atoms with Gasteiger partial charge in [0.15, 0.2) is 0 Å². The number of fused-ring (bicyclic) bond motifs is 4. The van der Waals surface area contributed by atoms with Crippen molar-refractivity contribution in [3.63, 3.8) is 0 Å². The van der Waals surface area contributed by atoms with Crippen molar-refractivity contribution in [3.05, 3.63) is 0 Å². The Morgan fingerprint density at radius 2 is 0.471 bits per heavy atom. The van der Waals surface area contributed by atoms with Crippen molar-refractivity contribution in [3.8, 4) is 0 Å². The normalized spacial score (nSPS) is 50.5. The van der Waals surface area contributed by atoms with Crippen LogP contribution >= 0.6 is 0 Å². The summed E-state index contributed by atoms with van der Waals surface area (Å²) in [6, 6.07) is 0. The van der Waals surface area contributed by atoms with E-state index in [9.17, 15) is 0 Å². The summed E-state index contributed by atoms with van der Waals surface area (Å²) in [5.74, 6) is 13.7. The van der Waals surface area contributed by atoms with E-state index in [0.29, 0.717) is 0 Å². The Balaban J connectivity index is 1.26. The molecule has 0 aliphatic heterocycles. The molecular weight excluding hydrogens is 408 g/mol. The van der Waals surface area contributed by atoms with Crippen LogP contribution in [0.3, 0.4) is 0 Å². The first-order valence-electron chi connectivity index (χ1n) is 16.9. The molecule has 0 bridgehead atoms. The first kappa shape index (κ1) is 23.1. The van der Waals surface area contributed by atoms with Crippen LogP contribution in [0.2, 0.25) is 0 Å². The molecule has 0 radical (unpaired) electrons. The highest BCUT2D eigenvalue weighted by Crippen LogP contribution is 2.66. The van der Waals surface area contributed by atoms with Crippen molar-refractivity contribution in [2.24, 2.45) is 71.0 Å². The van der Waals surface area contributed by atoms with Crippen molar-refractivity contribution in [2.75, 3.05) is 0 Å². The minimum absolute atomic E-state index is 1.13. The molecule has 7 fully saturated rings. The molecule has 7 aliphatic carbocycles. The van der Waals surface area contributed by atoms with E-state index < -0.39 is 0 Å². The standard InChI is InChI=1S/C34H56/c1-3-11-23(12-4-1)33-29-19-25-15-7-9-17-27(25)21-31(29)34(24-13-5-2-6-14-24)32-22-28-18-10-8-16-26(28)20-30(32)33/h23-34H,1-22H2. The lowest BCUT2D eigenvalue weighted by atomic mass is 9.41. The predicted molar refractivity (Wildman–Crippen MR) is 143 cm³/mol. The zero-order valence-corrected chi connectivity index (χ0v) is 22.5. The Labute approximate surface area is 212 Å². The maximum Gasteiger partial charge on any atom is -0.0323 e. The Kier molecular flexibility index (Phi) is 6.84. The third-order valence-electron chi connectivity index (χ3n) is 13.9. The van der Waals surface area contributed by atoms with Gasteiger partial charge in [0.1, 0.15) is 0 Å². The molecule has 0 nitrogen and oxygen atoms in total. The highest BCUT2D eigenvalue weighted by molar-refractivity contribution is 5.07. The first-order valence-corrected chi connectivity index (χ1v) is 16.9. The summed E-state index contributed by atoms with van der Waals surface area (Å²) >= 11 is 0. The molecule has 7 rings (SSSR count). The molecule has 7 saturated carbocycles. The fraction of sp³-hybridized carbons (Fsp3) is 1.00. The van der Waals surface area contributed by atoms with Gasteiger partial charge in [0.25, 0.3) is 0 Å². The molecule has 0 aromatic heterocycles. The molecule has 0 heteroatoms. The molecule has 0 spiro atoms. The maximum absolute atomic E-state index is 1.69. The Hall–Kier alpha value is 0. The molecule has 0 amide bonds. The fourth-order valence-electron chi connectivity index (χ4n) is 12.7. The van der Waals surface area contributed by atoms with Gasteiger partial charge in [-0.2, -0.15) is 0 Å². The highest BCUT2D eigenvalue weighted by Gasteiger charge is 2.58. The topological polar surface area (TPSA) is 0 Å². The van der Waals surface area contributed by atoms with Gasteiger partial charge in [0.05, 0.1) is 0 Å². The molecule has 192 valence electrons. The monoisotopic (exact) mass is 464 g/mol. The second-order valence-corrected chi connectivity index (χ2v) is 15.2. The lowest BCUT2D eigenvalue weighted by Crippen LogP contribution is -2.57. The molecular formula is C34H56. The zero-order chi connectivity index (χ0) is 22.5. The van der Waals surface area contributed by atoms with Crippen LogP contribution in [-0.4, -0.2) is 0 Å². The second-order valence-electron chi connectivity index (χ2n) is 15.2. The van der Waals surface area contributed by atoms with Crippen LogP contribution in [0.25, 0.3) is 0 Å². The minimum atomic E-state index is 1.13. The third-order valence-corrected chi connectivity index (χ3v) is 13.9. The second kappa shape index (κ2) is 10.0. The average Bonchev–Trinajstić information content (AvgIpc) is 2.90. The van der Waals surface area contributed by atoms with E-state index in [1.54, 1.807) is 141 Å². The van der Waals surface area contributed by atoms with Gasteiger partial charge in [-0.15, -0.1) is 0 Å². The Morgan fingerprint density at radius 1 is 0.235 bits per heavy atom. The Morgan fingerprint density at radius 3 is 0.765 bits per heavy atom. The summed E-state index contributed by atoms with van der Waals surface area (Å²) in [7, 11) is 0. The van der Waals surface area contributed by atoms with Crippen LogP contribution in [0.4, 0.5) is 0 Å². The van der Waals surface area contributed by atoms with E-state index >= 15 is 0 Å². The maximum atomic E-state index is 1.69. The summed E-state index contributed by atoms with van der Waals surface area (Å²) < 4.78 is 0. The minimum Gasteiger partial charge on any atom is -0.0533 e. The quantitative estimate of drug-likeness (QED) is 0.381. The summed E-state index contributed by atoms with van der Waals surface area (Å²) in [6.07, 6.45) is 35.3. The average molecular weight is 465 g/mol. The lowest BCUT2D eigenvalue weighted by Gasteiger charge is -2.64. The number of hydrogen-bond donors (Lipinski definition) is 0. The van der Waals surface area contributed by atoms with E-state index in [4.69, 9.17) is 0 Å². The van der Waals surface area contributed by atoms with Crippen LogP contribution in [0.5, 0.6) is 0 Å². The number of rotatable bonds is 2. The molecule has 8 atom stereocenters. The summed E-state index contributed by atoms with van der Waals surface area (Å²) in [5.41, 5.74) is 0. The molecule has 0 aromatic rings. The fourth-order valence-corrected chi connectivity index (χ4v) is 12.7. The van der Waals surface area contributed by atoms with Crippen LogP contribution in [0.1, 0.15) is 141 Å². The van der Waals surface area contributed by atoms with Gasteiger partial charge in [-0.05, 0) is 96.7 Å². The predicted octanol–water partition coefficient (Wildman–Crippen LogP) is 10.1. The van der Waals surface area contributed by atoms with Gasteiger partial charge in [-0.3, -0.25) is 0 Å². The smallest absolute Gasteiger partial charge is 0.0323 e. The molecule has 0 saturated heterocycles. The SMILES string of the molecule is C1CCC(C2C3CC4CCCCC4CC3C(C3CCCCC3)C3CC4CCCCC4CC32)CC1. The van der Waals surface area contributed by atoms with Crippen molar-refractivity contribution in [1.82, 2.24) is 0 Å². The highest BCUT2D eigenvalue weighted by atomic mass is 14.6. The molecule has 34 heavy (non-hydrogen) atoms. The van der Waals surface area contributed by atoms with Gasteiger partial charge < -0.3 is 0 Å². The number of hydrogen-bond acceptors (Lipinski definition) is 0. The Bertz CT molecular complexity index is 570. The van der Waals surface area contributed by atoms with E-state index in [-0.39, 0.29) is 0 Å². The van der Waals surface area contributed by atoms with Crippen LogP contribution < -0.4 is 0 Å². The third kappa shape index (κ3) is 4.16. The van der Waals surface area contributed by atoms with E-state index in [1.807, 2.05) is 0 Å². The van der Waals surface area contributed by atoms with Crippen molar-refractivity contribution in [1.29, 1.82) is 0 Å². The van der Waals surface area contributed by atoms with Crippen LogP contribution in [-0.2, 0) is 0 Å². The van der Waals surface area contributed by atoms with E-state index in [0.717, 1.165) is 71.0 Å². The van der Waals surface area contributed by atoms with Gasteiger partial charge in [0, 0.05) is 0 Å². The van der Waals surface area contributed by atoms with Gasteiger partial charge in [-0.25, -0.2) is 0 Å². The van der Waals surface area contributed by atoms with Gasteiger partial charge >= 0.3 is 0 Å². The van der Waals surface area contributed by atoms with E-state index in [1.165, 1.54) is 0 Å². The molecule has 0 aromatic carbocycles. The van der Waals surface area contributed by atoms with Crippen molar-refractivity contribution in [2.45, 2.75) is 141 Å². The van der Waals surface area contributed by atoms with Gasteiger partial charge in [0.2, 0.25) is 0 Å². The van der Waals surface area contributed by atoms with Crippen molar-refractivity contribution < 1.29 is 0 Å². The van der Waals surface area contributed by atoms with Crippen LogP contribution in [0.15, 0.2) is 0 Å². The summed E-state index contributed by atoms with van der Waals surface area (Å²) in [4.78, 5) is 0. The molecule has 0 heterocycles. The summed E-state index contributed by atoms with van der Waals surface area (Å²) in [6.45, 7) is 0. The zero-order valence-electron chi connectivity index (χ0n) is 22.5. The first-order chi connectivity index (χ1) is 16.9. The molecule has 8 unspecified atom stereocenters. The lowest BCUT2D eigenvalue weighted by molar-refractivity contribution is -0.150. The van der Waals surface area contributed by atoms with Crippen LogP contribution in [0, 0.1) is 71.0 Å². The molecule has 7 aliphatic rings. The van der Waals surface area contributed by atoms with Gasteiger partial charge in [-0.1, -0.05) is 116 Å². The largest absolute Gasteiger partial charge is 0.0533 e.